The van der Waals surface area contributed by atoms with Crippen molar-refractivity contribution in [3.63, 3.8) is 0 Å². The van der Waals surface area contributed by atoms with Crippen LogP contribution in [0.5, 0.6) is 0 Å². The van der Waals surface area contributed by atoms with E-state index in [0.717, 1.165) is 5.70 Å². The summed E-state index contributed by atoms with van der Waals surface area (Å²) in [6.45, 7) is 4.26. The van der Waals surface area contributed by atoms with Gasteiger partial charge >= 0.3 is 0 Å². The maximum Gasteiger partial charge on any atom is 0.000832 e. The van der Waals surface area contributed by atoms with Gasteiger partial charge in [-0.05, 0) is 19.8 Å². The third kappa shape index (κ3) is 17.5. The minimum absolute atomic E-state index is 0.972. The molecule has 0 aromatic carbocycles. The number of hydrogen-bond donors (Lipinski definition) is 1. The molecule has 0 bridgehead atoms. The number of rotatable bonds is 15. The maximum atomic E-state index is 5.61. The maximum absolute atomic E-state index is 5.61. The third-order valence-corrected chi connectivity index (χ3v) is 4.02. The molecule has 120 valence electrons. The van der Waals surface area contributed by atoms with Gasteiger partial charge in [-0.3, -0.25) is 0 Å². The van der Waals surface area contributed by atoms with Crippen molar-refractivity contribution in [1.29, 1.82) is 0 Å². The molecule has 0 radical (unpaired) electrons. The van der Waals surface area contributed by atoms with E-state index in [1.54, 1.807) is 0 Å². The average molecular weight is 282 g/mol. The number of nitrogens with two attached hydrogens (primary N) is 1. The van der Waals surface area contributed by atoms with Gasteiger partial charge in [-0.1, -0.05) is 96.5 Å². The van der Waals surface area contributed by atoms with Crippen LogP contribution in [0.25, 0.3) is 0 Å². The molecule has 0 aliphatic carbocycles. The van der Waals surface area contributed by atoms with E-state index in [-0.39, 0.29) is 0 Å². The molecule has 0 amide bonds. The van der Waals surface area contributed by atoms with E-state index in [1.807, 2.05) is 6.92 Å². The Bertz CT molecular complexity index is 204. The number of unbranched alkanes of at least 4 members (excludes halogenated alkanes) is 14. The molecule has 1 heteroatoms. The Morgan fingerprint density at radius 2 is 1.00 bits per heavy atom. The number of allylic oxidation sites excluding steroid dienone is 2. The van der Waals surface area contributed by atoms with Crippen LogP contribution in [0.15, 0.2) is 11.8 Å². The monoisotopic (exact) mass is 281 g/mol. The van der Waals surface area contributed by atoms with Crippen molar-refractivity contribution < 1.29 is 0 Å². The fourth-order valence-corrected chi connectivity index (χ4v) is 2.67. The fraction of sp³-hybridized carbons (Fsp3) is 0.895. The SMILES string of the molecule is CCCCCCCCCCCCCCCCC=C(C)N. The van der Waals surface area contributed by atoms with E-state index in [4.69, 9.17) is 5.73 Å². The summed E-state index contributed by atoms with van der Waals surface area (Å²) in [6, 6.07) is 0. The first-order chi connectivity index (χ1) is 9.77. The quantitative estimate of drug-likeness (QED) is 0.331. The van der Waals surface area contributed by atoms with E-state index < -0.39 is 0 Å². The molecule has 0 spiro atoms. The molecule has 0 aliphatic heterocycles. The third-order valence-electron chi connectivity index (χ3n) is 4.02. The van der Waals surface area contributed by atoms with Crippen LogP contribution in [-0.2, 0) is 0 Å². The van der Waals surface area contributed by atoms with Gasteiger partial charge in [0.15, 0.2) is 0 Å². The summed E-state index contributed by atoms with van der Waals surface area (Å²) < 4.78 is 0. The minimum Gasteiger partial charge on any atom is -0.403 e. The standard InChI is InChI=1S/C19H39N/c1-3-4-5-6-7-8-9-10-11-12-13-14-15-16-17-18-19(2)20/h18H,3-17,20H2,1-2H3. The van der Waals surface area contributed by atoms with Gasteiger partial charge in [0.2, 0.25) is 0 Å². The van der Waals surface area contributed by atoms with Crippen molar-refractivity contribution in [2.45, 2.75) is 110 Å². The molecule has 0 unspecified atom stereocenters. The van der Waals surface area contributed by atoms with Crippen molar-refractivity contribution >= 4 is 0 Å². The molecular formula is C19H39N. The van der Waals surface area contributed by atoms with Crippen LogP contribution in [0, 0.1) is 0 Å². The first-order valence-electron chi connectivity index (χ1n) is 9.19. The van der Waals surface area contributed by atoms with E-state index >= 15 is 0 Å². The molecule has 0 aromatic rings. The van der Waals surface area contributed by atoms with Gasteiger partial charge in [-0.2, -0.15) is 0 Å². The van der Waals surface area contributed by atoms with Crippen molar-refractivity contribution in [1.82, 2.24) is 0 Å². The largest absolute Gasteiger partial charge is 0.403 e. The Morgan fingerprint density at radius 1 is 0.650 bits per heavy atom. The lowest BCUT2D eigenvalue weighted by Gasteiger charge is -2.03. The molecule has 2 N–H and O–H groups in total. The normalized spacial score (nSPS) is 12.0. The summed E-state index contributed by atoms with van der Waals surface area (Å²) >= 11 is 0. The molecule has 0 aromatic heterocycles. The summed E-state index contributed by atoms with van der Waals surface area (Å²) in [5.41, 5.74) is 6.58. The van der Waals surface area contributed by atoms with Crippen LogP contribution in [0.4, 0.5) is 0 Å². The van der Waals surface area contributed by atoms with Gasteiger partial charge in [-0.25, -0.2) is 0 Å². The van der Waals surface area contributed by atoms with Crippen molar-refractivity contribution in [3.8, 4) is 0 Å². The second kappa shape index (κ2) is 16.6. The van der Waals surface area contributed by atoms with Crippen LogP contribution in [0.1, 0.15) is 110 Å². The van der Waals surface area contributed by atoms with E-state index in [1.165, 1.54) is 96.3 Å². The highest BCUT2D eigenvalue weighted by molar-refractivity contribution is 4.90. The lowest BCUT2D eigenvalue weighted by atomic mass is 10.0. The molecule has 0 rings (SSSR count). The molecule has 0 aliphatic rings. The summed E-state index contributed by atoms with van der Waals surface area (Å²) in [7, 11) is 0. The fourth-order valence-electron chi connectivity index (χ4n) is 2.67. The summed E-state index contributed by atoms with van der Waals surface area (Å²) in [5.74, 6) is 0. The van der Waals surface area contributed by atoms with Gasteiger partial charge < -0.3 is 5.73 Å². The zero-order valence-electron chi connectivity index (χ0n) is 14.3. The zero-order valence-corrected chi connectivity index (χ0v) is 14.3. The average Bonchev–Trinajstić information content (AvgIpc) is 2.43. The number of hydrogen-bond acceptors (Lipinski definition) is 1. The van der Waals surface area contributed by atoms with E-state index in [2.05, 4.69) is 13.0 Å². The van der Waals surface area contributed by atoms with E-state index in [0.29, 0.717) is 0 Å². The molecule has 0 atom stereocenters. The van der Waals surface area contributed by atoms with Gasteiger partial charge in [-0.15, -0.1) is 0 Å². The lowest BCUT2D eigenvalue weighted by molar-refractivity contribution is 0.536. The molecule has 1 nitrogen and oxygen atoms in total. The van der Waals surface area contributed by atoms with Gasteiger partial charge in [0, 0.05) is 5.70 Å². The first kappa shape index (κ1) is 19.5. The molecule has 0 saturated carbocycles. The molecule has 20 heavy (non-hydrogen) atoms. The van der Waals surface area contributed by atoms with Crippen LogP contribution in [-0.4, -0.2) is 0 Å². The highest BCUT2D eigenvalue weighted by Crippen LogP contribution is 2.13. The second-order valence-electron chi connectivity index (χ2n) is 6.33. The zero-order chi connectivity index (χ0) is 14.9. The Balaban J connectivity index is 2.97. The van der Waals surface area contributed by atoms with Crippen molar-refractivity contribution in [3.05, 3.63) is 11.8 Å². The van der Waals surface area contributed by atoms with Crippen molar-refractivity contribution in [2.24, 2.45) is 5.73 Å². The van der Waals surface area contributed by atoms with Gasteiger partial charge in [0.1, 0.15) is 0 Å². The highest BCUT2D eigenvalue weighted by atomic mass is 14.5. The van der Waals surface area contributed by atoms with Crippen LogP contribution in [0.2, 0.25) is 0 Å². The predicted molar refractivity (Wildman–Crippen MR) is 92.9 cm³/mol. The topological polar surface area (TPSA) is 26.0 Å². The van der Waals surface area contributed by atoms with E-state index in [9.17, 15) is 0 Å². The highest BCUT2D eigenvalue weighted by Gasteiger charge is 1.93. The first-order valence-corrected chi connectivity index (χ1v) is 9.19. The molecule has 0 fully saturated rings. The Kier molecular flexibility index (Phi) is 16.2. The summed E-state index contributed by atoms with van der Waals surface area (Å²) in [6.07, 6.45) is 23.3. The van der Waals surface area contributed by atoms with Gasteiger partial charge in [0.25, 0.3) is 0 Å². The Labute approximate surface area is 128 Å². The van der Waals surface area contributed by atoms with Crippen LogP contribution < -0.4 is 5.73 Å². The lowest BCUT2D eigenvalue weighted by Crippen LogP contribution is -1.89. The minimum atomic E-state index is 0.972. The van der Waals surface area contributed by atoms with Gasteiger partial charge in [0.05, 0.1) is 0 Å². The van der Waals surface area contributed by atoms with Crippen molar-refractivity contribution in [2.75, 3.05) is 0 Å². The van der Waals surface area contributed by atoms with Crippen LogP contribution in [0.3, 0.4) is 0 Å². The molecular weight excluding hydrogens is 242 g/mol. The predicted octanol–water partition coefficient (Wildman–Crippen LogP) is 6.72. The Hall–Kier alpha value is -0.460. The molecule has 0 saturated heterocycles. The smallest absolute Gasteiger partial charge is 0.000832 e. The Morgan fingerprint density at radius 3 is 1.35 bits per heavy atom. The summed E-state index contributed by atoms with van der Waals surface area (Å²) in [5, 5.41) is 0. The molecule has 0 heterocycles. The van der Waals surface area contributed by atoms with Crippen LogP contribution >= 0.6 is 0 Å². The second-order valence-corrected chi connectivity index (χ2v) is 6.33. The summed E-state index contributed by atoms with van der Waals surface area (Å²) in [4.78, 5) is 0.